The molecule has 378 valence electrons. The van der Waals surface area contributed by atoms with Crippen LogP contribution in [0.15, 0.2) is 0 Å². The van der Waals surface area contributed by atoms with E-state index < -0.39 is 75.1 Å². The molecule has 0 rings (SSSR count). The largest absolute Gasteiger partial charge is 1.00 e. The number of nitrogens with zero attached hydrogens (tertiary/aromatic N) is 2. The van der Waals surface area contributed by atoms with Crippen LogP contribution in [0, 0.1) is 0 Å². The fourth-order valence-corrected chi connectivity index (χ4v) is 11.1. The summed E-state index contributed by atoms with van der Waals surface area (Å²) in [6.07, 6.45) is 2.75. The molecule has 1 atom stereocenters. The maximum atomic E-state index is 11.0. The second-order valence-electron chi connectivity index (χ2n) is 13.4. The van der Waals surface area contributed by atoms with Crippen LogP contribution >= 0.6 is 7.60 Å². The number of ether oxygens (including phenoxy) is 2. The summed E-state index contributed by atoms with van der Waals surface area (Å²) in [5.74, 6) is -3.60. The summed E-state index contributed by atoms with van der Waals surface area (Å²) in [6, 6.07) is 1.07. The van der Waals surface area contributed by atoms with Crippen molar-refractivity contribution in [1.82, 2.24) is 9.80 Å². The minimum absolute atomic E-state index is 0. The maximum Gasteiger partial charge on any atom is 1.00 e. The Bertz CT molecular complexity index is 1330. The van der Waals surface area contributed by atoms with Crippen molar-refractivity contribution in [3.05, 3.63) is 0 Å². The molecule has 35 heteroatoms. The van der Waals surface area contributed by atoms with Crippen LogP contribution in [0.2, 0.25) is 18.1 Å². The van der Waals surface area contributed by atoms with Gasteiger partial charge in [0.2, 0.25) is 0 Å². The molecule has 0 aliphatic heterocycles. The van der Waals surface area contributed by atoms with E-state index in [9.17, 15) is 27.4 Å². The average molecular weight is 1150 g/mol. The van der Waals surface area contributed by atoms with Gasteiger partial charge in [0.05, 0.1) is 45.2 Å². The van der Waals surface area contributed by atoms with Gasteiger partial charge < -0.3 is 75.2 Å². The molecule has 0 amide bonds. The fourth-order valence-electron chi connectivity index (χ4n) is 5.17. The van der Waals surface area contributed by atoms with Crippen molar-refractivity contribution in [2.75, 3.05) is 126 Å². The van der Waals surface area contributed by atoms with Gasteiger partial charge >= 0.3 is 222 Å². The van der Waals surface area contributed by atoms with E-state index in [1.165, 1.54) is 26.2 Å². The third-order valence-corrected chi connectivity index (χ3v) is 16.3. The molecule has 0 aromatic rings. The Hall–Kier alpha value is 4.24. The summed E-state index contributed by atoms with van der Waals surface area (Å²) in [5, 5.41) is 26.7. The Kier molecular flexibility index (Phi) is 69.6. The van der Waals surface area contributed by atoms with Gasteiger partial charge in [-0.3, -0.25) is 33.3 Å². The molecule has 0 radical (unpaired) electrons. The minimum Gasteiger partial charge on any atom is -0.480 e. The molecule has 1 unspecified atom stereocenters. The second-order valence-corrected chi connectivity index (χ2v) is 24.7. The van der Waals surface area contributed by atoms with Crippen molar-refractivity contribution in [2.45, 2.75) is 71.0 Å². The first-order valence-electron chi connectivity index (χ1n) is 20.2. The summed E-state index contributed by atoms with van der Waals surface area (Å²) in [4.78, 5) is 69.6. The smallest absolute Gasteiger partial charge is 0.480 e. The van der Waals surface area contributed by atoms with E-state index in [2.05, 4.69) is 4.52 Å². The quantitative estimate of drug-likeness (QED) is 0.0123. The van der Waals surface area contributed by atoms with Crippen LogP contribution in [0.4, 0.5) is 0 Å². The van der Waals surface area contributed by atoms with Gasteiger partial charge in [0.25, 0.3) is 10.1 Å². The first-order chi connectivity index (χ1) is 29.3. The van der Waals surface area contributed by atoms with Crippen molar-refractivity contribution in [3.8, 4) is 0 Å². The number of rotatable bonds is 39. The maximum absolute atomic E-state index is 11.0. The average Bonchev–Trinajstić information content (AvgIpc) is 3.15. The van der Waals surface area contributed by atoms with Crippen LogP contribution in [0.1, 0.15) is 52.9 Å². The molecule has 0 fully saturated rings. The van der Waals surface area contributed by atoms with Crippen LogP contribution in [0.5, 0.6) is 0 Å². The number of unbranched alkanes of at least 4 members (excludes halogenated alkanes) is 1. The van der Waals surface area contributed by atoms with Crippen molar-refractivity contribution in [2.24, 2.45) is 0 Å². The van der Waals surface area contributed by atoms with E-state index in [-0.39, 0.29) is 227 Å². The Morgan fingerprint density at radius 2 is 0.971 bits per heavy atom. The molecule has 0 spiro atoms. The Morgan fingerprint density at radius 1 is 0.574 bits per heavy atom. The molecule has 0 saturated carbocycles. The van der Waals surface area contributed by atoms with Crippen LogP contribution in [0.3, 0.4) is 0 Å². The zero-order valence-corrected chi connectivity index (χ0v) is 58.5. The van der Waals surface area contributed by atoms with Crippen molar-refractivity contribution in [1.29, 1.82) is 0 Å². The third-order valence-electron chi connectivity index (χ3n) is 7.86. The van der Waals surface area contributed by atoms with Gasteiger partial charge in [0.1, 0.15) is 0 Å². The monoisotopic (exact) mass is 1150 g/mol. The van der Waals surface area contributed by atoms with Crippen molar-refractivity contribution >= 4 is 62.0 Å². The predicted molar refractivity (Wildman–Crippen MR) is 233 cm³/mol. The Balaban J connectivity index is -0.000000135. The van der Waals surface area contributed by atoms with E-state index in [0.717, 1.165) is 25.6 Å². The molecule has 0 aliphatic rings. The normalized spacial score (nSPS) is 12.3. The standard InChI is InChI=1S/C15H34O8SSi.C14H28N2O9Si.C4H13O6PSi.K.4Na/c1-4-21-25(22-5-2,23-6-3)15-8-7-10-19-12-13-20-11-9-14-24(16,17)18;1-23-26(24-2,25-3)8-4-5-15(9-12(17)18)6-7-16(10-13(19)20)11-14(21)22;1-11(5,6)10-3-2-4-12(7,8)9;;;;;/h4-15H2,1-3H3,(H,16,17,18);4-11H2,1-3H3,(H,17,18)(H,19,20)(H,21,22);7-9H,2-4H2,1H3,(H,5,6);;;;;/q;;;5*+1. The van der Waals surface area contributed by atoms with Gasteiger partial charge in [0.15, 0.2) is 0 Å². The molecule has 0 aliphatic carbocycles. The number of carboxylic acid groups (broad SMARTS) is 3. The van der Waals surface area contributed by atoms with Crippen molar-refractivity contribution in [3.63, 3.8) is 0 Å². The van der Waals surface area contributed by atoms with E-state index in [0.29, 0.717) is 58.7 Å². The summed E-state index contributed by atoms with van der Waals surface area (Å²) < 4.78 is 88.5. The van der Waals surface area contributed by atoms with Gasteiger partial charge in [-0.2, -0.15) is 8.42 Å². The molecule has 8 N–H and O–H groups in total. The van der Waals surface area contributed by atoms with E-state index in [1.807, 2.05) is 20.8 Å². The van der Waals surface area contributed by atoms with Gasteiger partial charge in [-0.05, 0) is 59.4 Å². The van der Waals surface area contributed by atoms with Gasteiger partial charge in [-0.25, -0.2) is 0 Å². The molecular formula is C33H75KN2Na4O23PSSi3+5. The Labute approximate surface area is 537 Å². The summed E-state index contributed by atoms with van der Waals surface area (Å²) in [7, 11) is -12.2. The van der Waals surface area contributed by atoms with Crippen LogP contribution in [0.25, 0.3) is 0 Å². The molecule has 0 heterocycles. The zero-order valence-electron chi connectivity index (χ0n) is 42.7. The molecule has 0 bridgehead atoms. The van der Waals surface area contributed by atoms with Gasteiger partial charge in [-0.1, -0.05) is 0 Å². The topological polar surface area (TPSA) is 354 Å². The second kappa shape index (κ2) is 53.3. The Morgan fingerprint density at radius 3 is 1.34 bits per heavy atom. The zero-order chi connectivity index (χ0) is 49.0. The van der Waals surface area contributed by atoms with Crippen LogP contribution in [-0.4, -0.2) is 228 Å². The van der Waals surface area contributed by atoms with E-state index in [1.54, 1.807) is 4.90 Å². The fraction of sp³-hybridized carbons (Fsp3) is 0.909. The first kappa shape index (κ1) is 88.8. The van der Waals surface area contributed by atoms with Crippen molar-refractivity contribution < 1.29 is 277 Å². The van der Waals surface area contributed by atoms with Crippen LogP contribution < -0.4 is 170 Å². The summed E-state index contributed by atoms with van der Waals surface area (Å²) in [5.41, 5.74) is 0. The van der Waals surface area contributed by atoms with Gasteiger partial charge in [0, 0.05) is 92.3 Å². The number of hydrogen-bond acceptors (Lipinski definition) is 20. The SMILES string of the molecule is CCO[Si](CCCCOCCOCCCS(=O)(=O)O)(OCC)OCC.CO[Si](CCCN(CCN(CC(=O)O)CC(=O)O)CC(=O)O)(OC)OC.CP(=O)(O)OCCC[Si](O)(O)O.[K+].[Na+].[Na+].[Na+].[Na+]. The first-order valence-corrected chi connectivity index (χ1v) is 29.7. The number of carboxylic acids is 3. The summed E-state index contributed by atoms with van der Waals surface area (Å²) >= 11 is 0. The third kappa shape index (κ3) is 61.1. The molecule has 68 heavy (non-hydrogen) atoms. The summed E-state index contributed by atoms with van der Waals surface area (Å²) in [6.45, 7) is 9.93. The van der Waals surface area contributed by atoms with E-state index >= 15 is 0 Å². The molecule has 25 nitrogen and oxygen atoms in total. The van der Waals surface area contributed by atoms with E-state index in [4.69, 9.17) is 75.2 Å². The predicted octanol–water partition coefficient (Wildman–Crippen LogP) is -14.6. The number of aliphatic carboxylic acids is 3. The number of hydrogen-bond donors (Lipinski definition) is 8. The van der Waals surface area contributed by atoms with Gasteiger partial charge in [-0.15, -0.1) is 0 Å². The minimum atomic E-state index is -4.00. The molecule has 0 saturated heterocycles. The molecule has 0 aromatic heterocycles. The number of carbonyl (C=O) groups is 3. The van der Waals surface area contributed by atoms with Crippen LogP contribution in [-0.2, 0) is 69.6 Å². The molecular weight excluding hydrogens is 1070 g/mol. The molecule has 0 aromatic carbocycles.